The molecule has 0 amide bonds. The summed E-state index contributed by atoms with van der Waals surface area (Å²) in [4.78, 5) is 12.9. The number of allylic oxidation sites excluding steroid dienone is 2. The summed E-state index contributed by atoms with van der Waals surface area (Å²) in [5.74, 6) is -0.0384. The third kappa shape index (κ3) is 6.30. The fourth-order valence-electron chi connectivity index (χ4n) is 3.66. The molecular formula is C27H34ClFO2. The maximum atomic E-state index is 13.2. The number of carbonyl (C=O) groups is 1. The van der Waals surface area contributed by atoms with Crippen LogP contribution in [0.3, 0.4) is 0 Å². The fourth-order valence-corrected chi connectivity index (χ4v) is 3.98. The molecular weight excluding hydrogens is 411 g/mol. The van der Waals surface area contributed by atoms with Crippen molar-refractivity contribution in [1.29, 1.82) is 0 Å². The largest absolute Gasteiger partial charge is 0.496 e. The quantitative estimate of drug-likeness (QED) is 0.442. The van der Waals surface area contributed by atoms with Crippen molar-refractivity contribution in [2.45, 2.75) is 53.4 Å². The number of carbonyl (C=O) groups excluding carboxylic acids is 1. The Morgan fingerprint density at radius 1 is 1.06 bits per heavy atom. The van der Waals surface area contributed by atoms with E-state index in [1.165, 1.54) is 12.1 Å². The highest BCUT2D eigenvalue weighted by molar-refractivity contribution is 6.32. The minimum Gasteiger partial charge on any atom is -0.496 e. The zero-order valence-corrected chi connectivity index (χ0v) is 20.3. The van der Waals surface area contributed by atoms with Gasteiger partial charge in [0.1, 0.15) is 17.3 Å². The van der Waals surface area contributed by atoms with E-state index in [0.717, 1.165) is 22.3 Å². The number of hydrogen-bond donors (Lipinski definition) is 0. The van der Waals surface area contributed by atoms with Crippen molar-refractivity contribution in [3.05, 3.63) is 77.1 Å². The molecule has 0 radical (unpaired) electrons. The molecule has 0 aliphatic heterocycles. The second-order valence-electron chi connectivity index (χ2n) is 7.09. The zero-order valence-electron chi connectivity index (χ0n) is 19.5. The van der Waals surface area contributed by atoms with Crippen LogP contribution >= 0.6 is 11.6 Å². The van der Waals surface area contributed by atoms with Crippen molar-refractivity contribution in [1.82, 2.24) is 0 Å². The van der Waals surface area contributed by atoms with Gasteiger partial charge >= 0.3 is 0 Å². The van der Waals surface area contributed by atoms with Crippen LogP contribution in [0.2, 0.25) is 5.02 Å². The van der Waals surface area contributed by atoms with Crippen LogP contribution in [0.5, 0.6) is 5.75 Å². The molecule has 0 bridgehead atoms. The lowest BCUT2D eigenvalue weighted by Crippen LogP contribution is -2.26. The van der Waals surface area contributed by atoms with Gasteiger partial charge in [-0.2, -0.15) is 0 Å². The summed E-state index contributed by atoms with van der Waals surface area (Å²) in [7, 11) is 1.55. The summed E-state index contributed by atoms with van der Waals surface area (Å²) in [6.45, 7) is 18.1. The van der Waals surface area contributed by atoms with Gasteiger partial charge in [-0.15, -0.1) is 0 Å². The average Bonchev–Trinajstić information content (AvgIpc) is 2.77. The van der Waals surface area contributed by atoms with Crippen LogP contribution < -0.4 is 4.74 Å². The fraction of sp³-hybridized carbons (Fsp3) is 0.370. The summed E-state index contributed by atoms with van der Waals surface area (Å²) >= 11 is 6.59. The van der Waals surface area contributed by atoms with E-state index < -0.39 is 5.92 Å². The van der Waals surface area contributed by atoms with Crippen LogP contribution in [0.1, 0.15) is 58.9 Å². The highest BCUT2D eigenvalue weighted by atomic mass is 35.5. The second kappa shape index (κ2) is 12.5. The normalized spacial score (nSPS) is 17.7. The van der Waals surface area contributed by atoms with Crippen molar-refractivity contribution >= 4 is 17.4 Å². The van der Waals surface area contributed by atoms with E-state index in [9.17, 15) is 9.18 Å². The molecule has 1 fully saturated rings. The van der Waals surface area contributed by atoms with Gasteiger partial charge in [-0.3, -0.25) is 4.79 Å². The van der Waals surface area contributed by atoms with Crippen molar-refractivity contribution in [3.63, 3.8) is 0 Å². The minimum atomic E-state index is -0.481. The molecule has 0 saturated heterocycles. The maximum absolute atomic E-state index is 13.2. The second-order valence-corrected chi connectivity index (χ2v) is 7.50. The summed E-state index contributed by atoms with van der Waals surface area (Å²) in [6.07, 6.45) is 1.14. The highest BCUT2D eigenvalue weighted by Crippen LogP contribution is 2.46. The molecule has 0 spiro atoms. The van der Waals surface area contributed by atoms with Gasteiger partial charge in [0.15, 0.2) is 0 Å². The molecule has 2 aromatic rings. The molecule has 168 valence electrons. The number of halogens is 2. The number of benzene rings is 2. The minimum absolute atomic E-state index is 0.0778. The van der Waals surface area contributed by atoms with Gasteiger partial charge in [-0.05, 0) is 54.7 Å². The van der Waals surface area contributed by atoms with E-state index in [1.807, 2.05) is 40.7 Å². The Bertz CT molecular complexity index is 898. The summed E-state index contributed by atoms with van der Waals surface area (Å²) in [6, 6.07) is 9.78. The number of hydrogen-bond acceptors (Lipinski definition) is 2. The molecule has 2 unspecified atom stereocenters. The first kappa shape index (κ1) is 26.6. The molecule has 1 saturated carbocycles. The summed E-state index contributed by atoms with van der Waals surface area (Å²) in [5.41, 5.74) is 4.09. The number of rotatable bonds is 4. The molecule has 4 heteroatoms. The van der Waals surface area contributed by atoms with Crippen molar-refractivity contribution < 1.29 is 13.9 Å². The van der Waals surface area contributed by atoms with Crippen LogP contribution in [0, 0.1) is 11.7 Å². The van der Waals surface area contributed by atoms with E-state index in [4.69, 9.17) is 16.3 Å². The van der Waals surface area contributed by atoms with E-state index in [2.05, 4.69) is 13.2 Å². The summed E-state index contributed by atoms with van der Waals surface area (Å²) < 4.78 is 18.8. The zero-order chi connectivity index (χ0) is 23.7. The van der Waals surface area contributed by atoms with Gasteiger partial charge in [0, 0.05) is 17.0 Å². The predicted molar refractivity (Wildman–Crippen MR) is 131 cm³/mol. The van der Waals surface area contributed by atoms with Crippen LogP contribution in [0.15, 0.2) is 60.7 Å². The lowest BCUT2D eigenvalue weighted by molar-refractivity contribution is -0.121. The van der Waals surface area contributed by atoms with Crippen LogP contribution in [-0.2, 0) is 4.79 Å². The Morgan fingerprint density at radius 2 is 1.65 bits per heavy atom. The van der Waals surface area contributed by atoms with E-state index in [0.29, 0.717) is 29.2 Å². The van der Waals surface area contributed by atoms with Crippen LogP contribution in [-0.4, -0.2) is 12.9 Å². The van der Waals surface area contributed by atoms with E-state index >= 15 is 0 Å². The SMILES string of the molecule is C=C(C)C1CC(=C)C(c2c(Cl)cc(-c3ccc(F)cc3)cc2OC)C(=O)C1.CC.CC. The Kier molecular flexibility index (Phi) is 10.7. The molecule has 0 aromatic heterocycles. The number of methoxy groups -OCH3 is 1. The van der Waals surface area contributed by atoms with Gasteiger partial charge in [0.25, 0.3) is 0 Å². The first-order valence-corrected chi connectivity index (χ1v) is 11.2. The van der Waals surface area contributed by atoms with Crippen molar-refractivity contribution in [2.75, 3.05) is 7.11 Å². The maximum Gasteiger partial charge on any atom is 0.145 e. The topological polar surface area (TPSA) is 26.3 Å². The van der Waals surface area contributed by atoms with Gasteiger partial charge in [-0.1, -0.05) is 75.7 Å². The number of ether oxygens (including phenoxy) is 1. The Labute approximate surface area is 191 Å². The summed E-state index contributed by atoms with van der Waals surface area (Å²) in [5, 5.41) is 0.446. The van der Waals surface area contributed by atoms with Gasteiger partial charge < -0.3 is 4.74 Å². The standard InChI is InChI=1S/C23H22ClFO2.2C2H6/c1-13(2)16-9-14(3)22(20(26)11-16)23-19(24)10-17(12-21(23)27-4)15-5-7-18(25)8-6-15;2*1-2/h5-8,10,12,16,22H,1,3,9,11H2,2,4H3;2*1-2H3. The lowest BCUT2D eigenvalue weighted by Gasteiger charge is -2.31. The molecule has 1 aliphatic carbocycles. The van der Waals surface area contributed by atoms with Crippen molar-refractivity contribution in [3.8, 4) is 16.9 Å². The van der Waals surface area contributed by atoms with Gasteiger partial charge in [0.2, 0.25) is 0 Å². The van der Waals surface area contributed by atoms with Crippen LogP contribution in [0.4, 0.5) is 4.39 Å². The molecule has 2 aromatic carbocycles. The Hall–Kier alpha value is -2.39. The first-order chi connectivity index (χ1) is 14.8. The molecule has 2 nitrogen and oxygen atoms in total. The molecule has 0 heterocycles. The Morgan fingerprint density at radius 3 is 2.13 bits per heavy atom. The average molecular weight is 445 g/mol. The third-order valence-corrected chi connectivity index (χ3v) is 5.47. The van der Waals surface area contributed by atoms with Gasteiger partial charge in [-0.25, -0.2) is 4.39 Å². The van der Waals surface area contributed by atoms with E-state index in [-0.39, 0.29) is 17.5 Å². The molecule has 0 N–H and O–H groups in total. The first-order valence-electron chi connectivity index (χ1n) is 10.8. The smallest absolute Gasteiger partial charge is 0.145 e. The van der Waals surface area contributed by atoms with Crippen molar-refractivity contribution in [2.24, 2.45) is 5.92 Å². The molecule has 1 aliphatic rings. The van der Waals surface area contributed by atoms with Gasteiger partial charge in [0.05, 0.1) is 13.0 Å². The Balaban J connectivity index is 0.00000113. The molecule has 2 atom stereocenters. The molecule has 3 rings (SSSR count). The monoisotopic (exact) mass is 444 g/mol. The lowest BCUT2D eigenvalue weighted by atomic mass is 9.72. The van der Waals surface area contributed by atoms with E-state index in [1.54, 1.807) is 25.3 Å². The third-order valence-electron chi connectivity index (χ3n) is 5.16. The number of ketones is 1. The molecule has 31 heavy (non-hydrogen) atoms. The number of Topliss-reactive ketones (excluding diaryl/α,β-unsaturated/α-hetero) is 1. The highest BCUT2D eigenvalue weighted by Gasteiger charge is 2.36. The predicted octanol–water partition coefficient (Wildman–Crippen LogP) is 8.40. The van der Waals surface area contributed by atoms with Crippen LogP contribution in [0.25, 0.3) is 11.1 Å².